The van der Waals surface area contributed by atoms with Crippen LogP contribution in [-0.2, 0) is 10.0 Å². The molecule has 2 fully saturated rings. The van der Waals surface area contributed by atoms with Crippen LogP contribution in [0, 0.1) is 0 Å². The van der Waals surface area contributed by atoms with Crippen LogP contribution in [0.1, 0.15) is 32.2 Å². The highest BCUT2D eigenvalue weighted by Gasteiger charge is 2.48. The zero-order chi connectivity index (χ0) is 24.4. The van der Waals surface area contributed by atoms with Gasteiger partial charge in [-0.15, -0.1) is 0 Å². The van der Waals surface area contributed by atoms with Crippen molar-refractivity contribution in [2.45, 2.75) is 54.3 Å². The lowest BCUT2D eigenvalue weighted by Gasteiger charge is -2.53. The van der Waals surface area contributed by atoms with E-state index in [1.54, 1.807) is 23.8 Å². The number of rotatable bonds is 4. The van der Waals surface area contributed by atoms with E-state index in [1.165, 1.54) is 16.6 Å². The van der Waals surface area contributed by atoms with Gasteiger partial charge in [0.15, 0.2) is 0 Å². The molecule has 174 valence electrons. The van der Waals surface area contributed by atoms with Crippen molar-refractivity contribution in [1.29, 1.82) is 0 Å². The molecule has 33 heavy (non-hydrogen) atoms. The average molecular weight is 469 g/mol. The fraction of sp³-hybridized carbons (Fsp3) is 0.632. The van der Waals surface area contributed by atoms with Gasteiger partial charge < -0.3 is 10.4 Å². The van der Waals surface area contributed by atoms with Crippen LogP contribution in [-0.4, -0.2) is 94.7 Å². The van der Waals surface area contributed by atoms with Gasteiger partial charge in [0.05, 0.1) is 17.9 Å². The van der Waals surface area contributed by atoms with Crippen molar-refractivity contribution in [3.05, 3.63) is 28.7 Å². The molecule has 0 unspecified atom stereocenters. The third-order valence-electron chi connectivity index (χ3n) is 7.33. The Labute approximate surface area is 198 Å². The van der Waals surface area contributed by atoms with Crippen LogP contribution >= 0.6 is 0 Å². The molecule has 14 heteroatoms. The fourth-order valence-electron chi connectivity index (χ4n) is 5.91. The molecule has 1 aliphatic carbocycles. The quantitative estimate of drug-likeness (QED) is 0.462. The van der Waals surface area contributed by atoms with Gasteiger partial charge in [0.25, 0.3) is 5.56 Å². The first-order valence-corrected chi connectivity index (χ1v) is 13.3. The summed E-state index contributed by atoms with van der Waals surface area (Å²) in [5.41, 5.74) is -0.670. The second kappa shape index (κ2) is 7.88. The van der Waals surface area contributed by atoms with Gasteiger partial charge in [-0.3, -0.25) is 9.36 Å². The predicted molar refractivity (Wildman–Crippen MR) is 141 cm³/mol. The van der Waals surface area contributed by atoms with Gasteiger partial charge in [0.1, 0.15) is 37.0 Å². The minimum atomic E-state index is -3.31. The fourth-order valence-corrected chi connectivity index (χ4v) is 7.04. The highest BCUT2D eigenvalue weighted by Crippen LogP contribution is 2.44. The summed E-state index contributed by atoms with van der Waals surface area (Å²) in [7, 11) is 4.84. The van der Waals surface area contributed by atoms with E-state index in [0.717, 1.165) is 11.8 Å². The van der Waals surface area contributed by atoms with Gasteiger partial charge in [-0.05, 0) is 32.3 Å². The SMILES string of the molecule is BC1(B)CN(S(C)(=O)=O)CC(B)(B)C1Nc1ncc2ccc(=O)n([C@@H]3CCC[C@@]3(C)O)c2n1. The van der Waals surface area contributed by atoms with Crippen LogP contribution in [0.15, 0.2) is 23.1 Å². The van der Waals surface area contributed by atoms with Crippen molar-refractivity contribution in [2.75, 3.05) is 24.7 Å². The first kappa shape index (κ1) is 24.3. The molecule has 1 aliphatic heterocycles. The molecule has 1 saturated heterocycles. The summed E-state index contributed by atoms with van der Waals surface area (Å²) in [5, 5.41) is 14.3. The summed E-state index contributed by atoms with van der Waals surface area (Å²) in [6.45, 7) is 2.54. The average Bonchev–Trinajstić information content (AvgIpc) is 3.02. The van der Waals surface area contributed by atoms with E-state index < -0.39 is 26.1 Å². The number of nitrogens with one attached hydrogen (secondary N) is 1. The molecular formula is C19H31B4N5O4S. The third-order valence-corrected chi connectivity index (χ3v) is 8.53. The number of piperidine rings is 1. The summed E-state index contributed by atoms with van der Waals surface area (Å²) in [5.74, 6) is 0.387. The molecule has 1 saturated carbocycles. The molecular weight excluding hydrogens is 438 g/mol. The van der Waals surface area contributed by atoms with Gasteiger partial charge in [-0.1, -0.05) is 10.4 Å². The molecule has 0 bridgehead atoms. The van der Waals surface area contributed by atoms with Gasteiger partial charge in [0, 0.05) is 36.8 Å². The number of aliphatic hydroxyl groups is 1. The molecule has 0 aromatic carbocycles. The van der Waals surface area contributed by atoms with Crippen LogP contribution < -0.4 is 10.9 Å². The number of hydrogen-bond donors (Lipinski definition) is 2. The number of sulfonamides is 1. The van der Waals surface area contributed by atoms with Gasteiger partial charge >= 0.3 is 0 Å². The summed E-state index contributed by atoms with van der Waals surface area (Å²) in [4.78, 5) is 22.1. The van der Waals surface area contributed by atoms with Crippen LogP contribution in [0.2, 0.25) is 10.4 Å². The van der Waals surface area contributed by atoms with E-state index in [1.807, 2.05) is 31.4 Å². The van der Waals surface area contributed by atoms with Crippen molar-refractivity contribution in [3.8, 4) is 0 Å². The van der Waals surface area contributed by atoms with Crippen molar-refractivity contribution < 1.29 is 13.5 Å². The maximum absolute atomic E-state index is 12.9. The highest BCUT2D eigenvalue weighted by molar-refractivity contribution is 7.88. The summed E-state index contributed by atoms with van der Waals surface area (Å²) >= 11 is 0. The maximum Gasteiger partial charge on any atom is 0.252 e. The van der Waals surface area contributed by atoms with Crippen molar-refractivity contribution in [3.63, 3.8) is 0 Å². The van der Waals surface area contributed by atoms with Crippen molar-refractivity contribution >= 4 is 58.4 Å². The summed E-state index contributed by atoms with van der Waals surface area (Å²) in [6, 6.07) is 2.75. The second-order valence-corrected chi connectivity index (χ2v) is 13.3. The smallest absolute Gasteiger partial charge is 0.252 e. The molecule has 2 aromatic heterocycles. The van der Waals surface area contributed by atoms with Gasteiger partial charge in [-0.2, -0.15) is 4.98 Å². The molecule has 0 amide bonds. The Morgan fingerprint density at radius 1 is 1.18 bits per heavy atom. The topological polar surface area (TPSA) is 117 Å². The Balaban J connectivity index is 1.74. The molecule has 0 radical (unpaired) electrons. The van der Waals surface area contributed by atoms with Crippen LogP contribution in [0.25, 0.3) is 11.0 Å². The van der Waals surface area contributed by atoms with Gasteiger partial charge in [-0.25, -0.2) is 17.7 Å². The van der Waals surface area contributed by atoms with Crippen LogP contribution in [0.3, 0.4) is 0 Å². The van der Waals surface area contributed by atoms with Crippen LogP contribution in [0.5, 0.6) is 0 Å². The number of pyridine rings is 1. The largest absolute Gasteiger partial charge is 0.388 e. The minimum Gasteiger partial charge on any atom is -0.388 e. The predicted octanol–water partition coefficient (Wildman–Crippen LogP) is -2.91. The molecule has 4 rings (SSSR count). The van der Waals surface area contributed by atoms with E-state index in [0.29, 0.717) is 37.5 Å². The Hall–Kier alpha value is -1.78. The van der Waals surface area contributed by atoms with Crippen molar-refractivity contribution in [1.82, 2.24) is 18.8 Å². The molecule has 0 spiro atoms. The number of hydrogen-bond acceptors (Lipinski definition) is 7. The molecule has 2 aliphatic rings. The molecule has 9 nitrogen and oxygen atoms in total. The Kier molecular flexibility index (Phi) is 5.81. The normalized spacial score (nSPS) is 28.2. The lowest BCUT2D eigenvalue weighted by molar-refractivity contribution is 0.0267. The Bertz CT molecular complexity index is 1230. The molecule has 2 atom stereocenters. The Morgan fingerprint density at radius 2 is 1.82 bits per heavy atom. The third kappa shape index (κ3) is 4.49. The standard InChI is InChI=1S/C19H31B4N5O4S/c1-17(30)7-3-4-12(17)28-13(29)6-5-11-8-24-16(25-14(11)28)26-15-18(20,21)9-27(33(2,31)32)10-19(15,22)23/h5-6,8,12,15,30H,3-4,7,9-10,20-23H2,1-2H3,(H,24,25,26)/t12-,17-/m1/s1. The zero-order valence-electron chi connectivity index (χ0n) is 20.3. The van der Waals surface area contributed by atoms with E-state index in [-0.39, 0.29) is 17.6 Å². The Morgan fingerprint density at radius 3 is 2.36 bits per heavy atom. The van der Waals surface area contributed by atoms with Crippen LogP contribution in [0.4, 0.5) is 5.95 Å². The molecule has 2 aromatic rings. The van der Waals surface area contributed by atoms with E-state index >= 15 is 0 Å². The van der Waals surface area contributed by atoms with E-state index in [9.17, 15) is 18.3 Å². The van der Waals surface area contributed by atoms with E-state index in [2.05, 4.69) is 10.3 Å². The maximum atomic E-state index is 12.9. The molecule has 3 heterocycles. The van der Waals surface area contributed by atoms with Gasteiger partial charge in [0.2, 0.25) is 16.0 Å². The number of anilines is 1. The lowest BCUT2D eigenvalue weighted by atomic mass is 9.36. The highest BCUT2D eigenvalue weighted by atomic mass is 32.2. The monoisotopic (exact) mass is 469 g/mol. The van der Waals surface area contributed by atoms with E-state index in [4.69, 9.17) is 4.98 Å². The number of nitrogens with zero attached hydrogens (tertiary/aromatic N) is 4. The number of fused-ring (bicyclic) bond motifs is 1. The minimum absolute atomic E-state index is 0.112. The first-order chi connectivity index (χ1) is 15.1. The zero-order valence-corrected chi connectivity index (χ0v) is 21.1. The summed E-state index contributed by atoms with van der Waals surface area (Å²) < 4.78 is 27.6. The number of aromatic nitrogens is 3. The first-order valence-electron chi connectivity index (χ1n) is 11.4. The second-order valence-electron chi connectivity index (χ2n) is 11.4. The summed E-state index contributed by atoms with van der Waals surface area (Å²) in [6.07, 6.45) is 5.13. The lowest BCUT2D eigenvalue weighted by Crippen LogP contribution is -2.60. The van der Waals surface area contributed by atoms with Crippen molar-refractivity contribution in [2.24, 2.45) is 0 Å². The molecule has 2 N–H and O–H groups in total.